The Morgan fingerprint density at radius 3 is 2.88 bits per heavy atom. The van der Waals surface area contributed by atoms with E-state index in [1.54, 1.807) is 6.07 Å². The average molecular weight is 319 g/mol. The first-order valence-electron chi connectivity index (χ1n) is 4.53. The molecule has 0 aliphatic rings. The van der Waals surface area contributed by atoms with Crippen molar-refractivity contribution >= 4 is 39.1 Å². The first-order valence-corrected chi connectivity index (χ1v) is 5.70. The molecule has 0 aliphatic heterocycles. The van der Waals surface area contributed by atoms with E-state index in [9.17, 15) is 9.18 Å². The summed E-state index contributed by atoms with van der Waals surface area (Å²) in [7, 11) is 0. The molecule has 0 saturated carbocycles. The van der Waals surface area contributed by atoms with E-state index in [1.165, 1.54) is 18.3 Å². The highest BCUT2D eigenvalue weighted by Gasteiger charge is 2.14. The monoisotopic (exact) mass is 317 g/mol. The molecular weight excluding hydrogens is 312 g/mol. The topological polar surface area (TPSA) is 57.8 Å². The third-order valence-electron chi connectivity index (χ3n) is 2.00. The fourth-order valence-corrected chi connectivity index (χ4v) is 1.72. The van der Waals surface area contributed by atoms with Crippen LogP contribution in [0.5, 0.6) is 0 Å². The van der Waals surface area contributed by atoms with Crippen LogP contribution < -0.4 is 5.32 Å². The van der Waals surface area contributed by atoms with Crippen molar-refractivity contribution in [3.8, 4) is 0 Å². The molecule has 1 amide bonds. The van der Waals surface area contributed by atoms with Crippen LogP contribution in [-0.2, 0) is 0 Å². The van der Waals surface area contributed by atoms with Gasteiger partial charge in [0.15, 0.2) is 0 Å². The van der Waals surface area contributed by atoms with Gasteiger partial charge >= 0.3 is 0 Å². The van der Waals surface area contributed by atoms with Crippen molar-refractivity contribution in [3.05, 3.63) is 45.4 Å². The standard InChI is InChI=1S/C10H6BrClFN3O/c11-5-1-2-8(7(13)3-5)15-10(17)9-6(12)4-14-16-9/h1-4H,(H,14,16)(H,15,17). The Hall–Kier alpha value is -1.40. The minimum atomic E-state index is -0.547. The average Bonchev–Trinajstić information content (AvgIpc) is 2.68. The zero-order chi connectivity index (χ0) is 12.4. The number of nitrogens with one attached hydrogen (secondary N) is 2. The Balaban J connectivity index is 2.22. The quantitative estimate of drug-likeness (QED) is 0.893. The van der Waals surface area contributed by atoms with Crippen molar-refractivity contribution < 1.29 is 9.18 Å². The summed E-state index contributed by atoms with van der Waals surface area (Å²) in [6.45, 7) is 0. The molecule has 0 fully saturated rings. The molecule has 4 nitrogen and oxygen atoms in total. The molecule has 1 heterocycles. The number of halogens is 3. The maximum absolute atomic E-state index is 13.4. The van der Waals surface area contributed by atoms with E-state index in [4.69, 9.17) is 11.6 Å². The van der Waals surface area contributed by atoms with Crippen molar-refractivity contribution in [1.82, 2.24) is 10.2 Å². The Bertz CT molecular complexity index is 572. The molecule has 2 aromatic rings. The molecule has 0 atom stereocenters. The van der Waals surface area contributed by atoms with Gasteiger partial charge in [-0.2, -0.15) is 5.10 Å². The number of nitrogens with zero attached hydrogens (tertiary/aromatic N) is 1. The molecule has 7 heteroatoms. The smallest absolute Gasteiger partial charge is 0.275 e. The summed E-state index contributed by atoms with van der Waals surface area (Å²) in [5.74, 6) is -1.09. The number of H-pyrrole nitrogens is 1. The first kappa shape index (κ1) is 12.1. The van der Waals surface area contributed by atoms with Gasteiger partial charge in [-0.25, -0.2) is 4.39 Å². The summed E-state index contributed by atoms with van der Waals surface area (Å²) in [6, 6.07) is 4.32. The zero-order valence-electron chi connectivity index (χ0n) is 8.30. The van der Waals surface area contributed by atoms with E-state index in [-0.39, 0.29) is 16.4 Å². The number of carbonyl (C=O) groups is 1. The number of amides is 1. The van der Waals surface area contributed by atoms with Gasteiger partial charge in [0.05, 0.1) is 16.9 Å². The van der Waals surface area contributed by atoms with E-state index in [1.807, 2.05) is 0 Å². The highest BCUT2D eigenvalue weighted by molar-refractivity contribution is 9.10. The molecule has 2 N–H and O–H groups in total. The molecule has 0 unspecified atom stereocenters. The third-order valence-corrected chi connectivity index (χ3v) is 2.78. The van der Waals surface area contributed by atoms with Crippen LogP contribution in [-0.4, -0.2) is 16.1 Å². The lowest BCUT2D eigenvalue weighted by Crippen LogP contribution is -2.14. The fraction of sp³-hybridized carbons (Fsp3) is 0. The second kappa shape index (κ2) is 4.85. The maximum Gasteiger partial charge on any atom is 0.275 e. The number of aromatic nitrogens is 2. The highest BCUT2D eigenvalue weighted by Crippen LogP contribution is 2.20. The van der Waals surface area contributed by atoms with Gasteiger partial charge in [0.25, 0.3) is 5.91 Å². The Labute approximate surface area is 109 Å². The molecule has 0 saturated heterocycles. The number of anilines is 1. The van der Waals surface area contributed by atoms with Crippen LogP contribution in [0.4, 0.5) is 10.1 Å². The summed E-state index contributed by atoms with van der Waals surface area (Å²) < 4.78 is 14.0. The van der Waals surface area contributed by atoms with Crippen molar-refractivity contribution in [3.63, 3.8) is 0 Å². The molecule has 2 rings (SSSR count). The van der Waals surface area contributed by atoms with E-state index >= 15 is 0 Å². The highest BCUT2D eigenvalue weighted by atomic mass is 79.9. The van der Waals surface area contributed by atoms with Crippen LogP contribution in [0.2, 0.25) is 5.02 Å². The summed E-state index contributed by atoms with van der Waals surface area (Å²) in [4.78, 5) is 11.7. The SMILES string of the molecule is O=C(Nc1ccc(Br)cc1F)c1[nH]ncc1Cl. The molecule has 1 aromatic carbocycles. The number of hydrogen-bond acceptors (Lipinski definition) is 2. The summed E-state index contributed by atoms with van der Waals surface area (Å²) >= 11 is 8.83. The predicted octanol–water partition coefficient (Wildman–Crippen LogP) is 3.22. The number of hydrogen-bond donors (Lipinski definition) is 2. The van der Waals surface area contributed by atoms with Gasteiger partial charge in [-0.3, -0.25) is 9.89 Å². The van der Waals surface area contributed by atoms with E-state index in [0.717, 1.165) is 0 Å². The number of carbonyl (C=O) groups excluding carboxylic acids is 1. The Morgan fingerprint density at radius 2 is 2.29 bits per heavy atom. The van der Waals surface area contributed by atoms with E-state index < -0.39 is 11.7 Å². The van der Waals surface area contributed by atoms with Crippen LogP contribution in [0.15, 0.2) is 28.9 Å². The number of rotatable bonds is 2. The van der Waals surface area contributed by atoms with Gasteiger partial charge < -0.3 is 5.32 Å². The van der Waals surface area contributed by atoms with Gasteiger partial charge in [-0.05, 0) is 18.2 Å². The minimum absolute atomic E-state index is 0.0730. The van der Waals surface area contributed by atoms with Crippen LogP contribution in [0, 0.1) is 5.82 Å². The molecule has 0 spiro atoms. The molecule has 1 aromatic heterocycles. The second-order valence-corrected chi connectivity index (χ2v) is 4.49. The zero-order valence-corrected chi connectivity index (χ0v) is 10.6. The Morgan fingerprint density at radius 1 is 1.53 bits per heavy atom. The maximum atomic E-state index is 13.4. The van der Waals surface area contributed by atoms with Crippen molar-refractivity contribution in [2.24, 2.45) is 0 Å². The molecule has 0 radical (unpaired) electrons. The van der Waals surface area contributed by atoms with Crippen LogP contribution in [0.1, 0.15) is 10.5 Å². The van der Waals surface area contributed by atoms with Crippen LogP contribution in [0.25, 0.3) is 0 Å². The van der Waals surface area contributed by atoms with Gasteiger partial charge in [-0.15, -0.1) is 0 Å². The van der Waals surface area contributed by atoms with Gasteiger partial charge in [0, 0.05) is 4.47 Å². The third kappa shape index (κ3) is 2.65. The van der Waals surface area contributed by atoms with Gasteiger partial charge in [0.1, 0.15) is 11.5 Å². The minimum Gasteiger partial charge on any atom is -0.318 e. The van der Waals surface area contributed by atoms with E-state index in [0.29, 0.717) is 4.47 Å². The normalized spacial score (nSPS) is 10.3. The van der Waals surface area contributed by atoms with Gasteiger partial charge in [0.2, 0.25) is 0 Å². The van der Waals surface area contributed by atoms with Crippen molar-refractivity contribution in [2.75, 3.05) is 5.32 Å². The van der Waals surface area contributed by atoms with Crippen LogP contribution >= 0.6 is 27.5 Å². The predicted molar refractivity (Wildman–Crippen MR) is 65.7 cm³/mol. The number of aromatic amines is 1. The second-order valence-electron chi connectivity index (χ2n) is 3.17. The first-order chi connectivity index (χ1) is 8.08. The van der Waals surface area contributed by atoms with Crippen molar-refractivity contribution in [2.45, 2.75) is 0 Å². The fourth-order valence-electron chi connectivity index (χ4n) is 1.21. The van der Waals surface area contributed by atoms with Crippen LogP contribution in [0.3, 0.4) is 0 Å². The lowest BCUT2D eigenvalue weighted by Gasteiger charge is -2.05. The summed E-state index contributed by atoms with van der Waals surface area (Å²) in [5.41, 5.74) is 0.165. The van der Waals surface area contributed by atoms with E-state index in [2.05, 4.69) is 31.4 Å². The Kier molecular flexibility index (Phi) is 3.44. The lowest BCUT2D eigenvalue weighted by atomic mass is 10.3. The summed E-state index contributed by atoms with van der Waals surface area (Å²) in [5, 5.41) is 8.60. The molecule has 17 heavy (non-hydrogen) atoms. The number of benzene rings is 1. The molecule has 0 bridgehead atoms. The van der Waals surface area contributed by atoms with Crippen molar-refractivity contribution in [1.29, 1.82) is 0 Å². The molecular formula is C10H6BrClFN3O. The molecule has 0 aliphatic carbocycles. The van der Waals surface area contributed by atoms with Gasteiger partial charge in [-0.1, -0.05) is 27.5 Å². The molecule has 88 valence electrons. The lowest BCUT2D eigenvalue weighted by molar-refractivity contribution is 0.102. The largest absolute Gasteiger partial charge is 0.318 e. The summed E-state index contributed by atoms with van der Waals surface area (Å²) in [6.07, 6.45) is 1.30.